The van der Waals surface area contributed by atoms with Crippen molar-refractivity contribution in [2.24, 2.45) is 0 Å². The number of carbonyl (C=O) groups is 1. The lowest BCUT2D eigenvalue weighted by Crippen LogP contribution is -2.41. The van der Waals surface area contributed by atoms with Crippen molar-refractivity contribution in [3.8, 4) is 10.4 Å². The van der Waals surface area contributed by atoms with Gasteiger partial charge in [0.2, 0.25) is 0 Å². The van der Waals surface area contributed by atoms with E-state index in [4.69, 9.17) is 4.74 Å². The first-order valence-electron chi connectivity index (χ1n) is 8.24. The van der Waals surface area contributed by atoms with Gasteiger partial charge in [-0.25, -0.2) is 0 Å². The number of fused-ring (bicyclic) bond motifs is 3. The zero-order valence-corrected chi connectivity index (χ0v) is 15.0. The molecule has 1 N–H and O–H groups in total. The van der Waals surface area contributed by atoms with E-state index in [1.54, 1.807) is 11.3 Å². The lowest BCUT2D eigenvalue weighted by Gasteiger charge is -2.26. The van der Waals surface area contributed by atoms with Crippen LogP contribution in [0.5, 0.6) is 0 Å². The minimum absolute atomic E-state index is 0.0464. The Bertz CT molecular complexity index is 738. The van der Waals surface area contributed by atoms with Crippen LogP contribution < -0.4 is 5.32 Å². The smallest absolute Gasteiger partial charge is 0.261 e. The fourth-order valence-corrected chi connectivity index (χ4v) is 5.38. The second-order valence-corrected chi connectivity index (χ2v) is 8.03. The van der Waals surface area contributed by atoms with E-state index in [2.05, 4.69) is 40.5 Å². The zero-order valence-electron chi connectivity index (χ0n) is 13.4. The van der Waals surface area contributed by atoms with E-state index < -0.39 is 0 Å². The SMILES string of the molecule is O=C(NCCN1CCOCC1)c1cc2c(s1)-c1ccccc1SC2. The summed E-state index contributed by atoms with van der Waals surface area (Å²) in [5.41, 5.74) is 2.54. The average molecular weight is 361 g/mol. The molecule has 0 bridgehead atoms. The summed E-state index contributed by atoms with van der Waals surface area (Å²) in [7, 11) is 0. The van der Waals surface area contributed by atoms with E-state index in [1.165, 1.54) is 20.9 Å². The average Bonchev–Trinajstić information content (AvgIpc) is 3.07. The van der Waals surface area contributed by atoms with Crippen LogP contribution in [0.3, 0.4) is 0 Å². The molecule has 1 amide bonds. The number of amides is 1. The Balaban J connectivity index is 1.40. The van der Waals surface area contributed by atoms with E-state index in [0.717, 1.165) is 43.5 Å². The van der Waals surface area contributed by atoms with Crippen molar-refractivity contribution in [1.82, 2.24) is 10.2 Å². The lowest BCUT2D eigenvalue weighted by molar-refractivity contribution is 0.0383. The summed E-state index contributed by atoms with van der Waals surface area (Å²) in [4.78, 5) is 18.2. The largest absolute Gasteiger partial charge is 0.379 e. The summed E-state index contributed by atoms with van der Waals surface area (Å²) < 4.78 is 5.34. The number of rotatable bonds is 4. The third-order valence-electron chi connectivity index (χ3n) is 4.36. The maximum absolute atomic E-state index is 12.5. The Labute approximate surface area is 150 Å². The van der Waals surface area contributed by atoms with Gasteiger partial charge in [-0.1, -0.05) is 18.2 Å². The van der Waals surface area contributed by atoms with Crippen molar-refractivity contribution in [1.29, 1.82) is 0 Å². The molecule has 24 heavy (non-hydrogen) atoms. The van der Waals surface area contributed by atoms with E-state index in [1.807, 2.05) is 11.8 Å². The highest BCUT2D eigenvalue weighted by Crippen LogP contribution is 2.45. The molecule has 1 aromatic carbocycles. The molecule has 2 aliphatic rings. The summed E-state index contributed by atoms with van der Waals surface area (Å²) in [6.45, 7) is 5.07. The van der Waals surface area contributed by atoms with Crippen LogP contribution >= 0.6 is 23.1 Å². The molecule has 4 nitrogen and oxygen atoms in total. The predicted molar refractivity (Wildman–Crippen MR) is 98.9 cm³/mol. The van der Waals surface area contributed by atoms with Crippen molar-refractivity contribution in [2.45, 2.75) is 10.6 Å². The van der Waals surface area contributed by atoms with Gasteiger partial charge in [0.15, 0.2) is 0 Å². The molecule has 1 aromatic heterocycles. The Morgan fingerprint density at radius 3 is 2.96 bits per heavy atom. The van der Waals surface area contributed by atoms with Crippen LogP contribution in [-0.2, 0) is 10.5 Å². The molecule has 6 heteroatoms. The molecule has 126 valence electrons. The first-order valence-corrected chi connectivity index (χ1v) is 10.0. The van der Waals surface area contributed by atoms with Crippen molar-refractivity contribution < 1.29 is 9.53 Å². The van der Waals surface area contributed by atoms with Gasteiger partial charge in [-0.15, -0.1) is 23.1 Å². The molecular formula is C18H20N2O2S2. The summed E-state index contributed by atoms with van der Waals surface area (Å²) in [5.74, 6) is 0.995. The van der Waals surface area contributed by atoms with Gasteiger partial charge in [0.05, 0.1) is 18.1 Å². The van der Waals surface area contributed by atoms with Gasteiger partial charge in [-0.2, -0.15) is 0 Å². The monoisotopic (exact) mass is 360 g/mol. The third-order valence-corrected chi connectivity index (χ3v) is 6.70. The number of thioether (sulfide) groups is 1. The number of carbonyl (C=O) groups excluding carboxylic acids is 1. The molecular weight excluding hydrogens is 340 g/mol. The molecule has 0 saturated carbocycles. The fourth-order valence-electron chi connectivity index (χ4n) is 3.05. The van der Waals surface area contributed by atoms with Crippen LogP contribution in [0, 0.1) is 0 Å². The molecule has 0 radical (unpaired) electrons. The number of nitrogens with zero attached hydrogens (tertiary/aromatic N) is 1. The maximum Gasteiger partial charge on any atom is 0.261 e. The number of nitrogens with one attached hydrogen (secondary N) is 1. The van der Waals surface area contributed by atoms with Crippen LogP contribution in [0.15, 0.2) is 35.2 Å². The first kappa shape index (κ1) is 16.1. The van der Waals surface area contributed by atoms with Gasteiger partial charge in [0.25, 0.3) is 5.91 Å². The van der Waals surface area contributed by atoms with Crippen molar-refractivity contribution >= 4 is 29.0 Å². The Morgan fingerprint density at radius 2 is 2.08 bits per heavy atom. The van der Waals surface area contributed by atoms with Crippen LogP contribution in [0.1, 0.15) is 15.2 Å². The summed E-state index contributed by atoms with van der Waals surface area (Å²) in [6, 6.07) is 10.5. The normalized spacial score (nSPS) is 17.2. The Kier molecular flexibility index (Phi) is 4.89. The molecule has 1 saturated heterocycles. The molecule has 0 aliphatic carbocycles. The third kappa shape index (κ3) is 3.37. The number of ether oxygens (including phenoxy) is 1. The highest BCUT2D eigenvalue weighted by molar-refractivity contribution is 7.98. The number of hydrogen-bond acceptors (Lipinski definition) is 5. The second kappa shape index (κ2) is 7.27. The molecule has 4 rings (SSSR count). The van der Waals surface area contributed by atoms with Gasteiger partial charge >= 0.3 is 0 Å². The van der Waals surface area contributed by atoms with Gasteiger partial charge in [0, 0.05) is 47.3 Å². The van der Waals surface area contributed by atoms with Gasteiger partial charge < -0.3 is 10.1 Å². The van der Waals surface area contributed by atoms with Gasteiger partial charge in [-0.05, 0) is 17.7 Å². The highest BCUT2D eigenvalue weighted by Gasteiger charge is 2.21. The first-order chi connectivity index (χ1) is 11.8. The van der Waals surface area contributed by atoms with Crippen LogP contribution in [0.4, 0.5) is 0 Å². The van der Waals surface area contributed by atoms with Crippen LogP contribution in [0.2, 0.25) is 0 Å². The molecule has 2 aromatic rings. The summed E-state index contributed by atoms with van der Waals surface area (Å²) in [5, 5.41) is 3.06. The minimum atomic E-state index is 0.0464. The van der Waals surface area contributed by atoms with Crippen molar-refractivity contribution in [3.05, 3.63) is 40.8 Å². The number of hydrogen-bond donors (Lipinski definition) is 1. The number of morpholine rings is 1. The van der Waals surface area contributed by atoms with Crippen molar-refractivity contribution in [2.75, 3.05) is 39.4 Å². The lowest BCUT2D eigenvalue weighted by atomic mass is 10.1. The van der Waals surface area contributed by atoms with E-state index in [-0.39, 0.29) is 5.91 Å². The standard InChI is InChI=1S/C18H20N2O2S2/c21-18(19-5-6-20-7-9-22-10-8-20)16-11-13-12-23-15-4-2-1-3-14(15)17(13)24-16/h1-4,11H,5-10,12H2,(H,19,21). The van der Waals surface area contributed by atoms with E-state index in [0.29, 0.717) is 6.54 Å². The highest BCUT2D eigenvalue weighted by atomic mass is 32.2. The van der Waals surface area contributed by atoms with Crippen LogP contribution in [0.25, 0.3) is 10.4 Å². The maximum atomic E-state index is 12.5. The molecule has 3 heterocycles. The summed E-state index contributed by atoms with van der Waals surface area (Å²) in [6.07, 6.45) is 0. The van der Waals surface area contributed by atoms with E-state index in [9.17, 15) is 4.79 Å². The zero-order chi connectivity index (χ0) is 16.4. The Hall–Kier alpha value is -1.34. The number of benzene rings is 1. The molecule has 2 aliphatic heterocycles. The van der Waals surface area contributed by atoms with Crippen LogP contribution in [-0.4, -0.2) is 50.2 Å². The summed E-state index contributed by atoms with van der Waals surface area (Å²) >= 11 is 3.46. The molecule has 0 spiro atoms. The van der Waals surface area contributed by atoms with Gasteiger partial charge in [-0.3, -0.25) is 9.69 Å². The van der Waals surface area contributed by atoms with Crippen molar-refractivity contribution in [3.63, 3.8) is 0 Å². The van der Waals surface area contributed by atoms with E-state index >= 15 is 0 Å². The number of thiophene rings is 1. The molecule has 1 fully saturated rings. The fraction of sp³-hybridized carbons (Fsp3) is 0.389. The predicted octanol–water partition coefficient (Wildman–Crippen LogP) is 3.08. The Morgan fingerprint density at radius 1 is 1.25 bits per heavy atom. The second-order valence-electron chi connectivity index (χ2n) is 5.96. The molecule has 0 unspecified atom stereocenters. The molecule has 0 atom stereocenters. The minimum Gasteiger partial charge on any atom is -0.379 e. The quantitative estimate of drug-likeness (QED) is 0.910. The van der Waals surface area contributed by atoms with Gasteiger partial charge in [0.1, 0.15) is 0 Å². The topological polar surface area (TPSA) is 41.6 Å².